The average Bonchev–Trinajstić information content (AvgIpc) is 2.77. The van der Waals surface area contributed by atoms with Gasteiger partial charge in [-0.2, -0.15) is 5.10 Å². The molecule has 0 saturated carbocycles. The van der Waals surface area contributed by atoms with Crippen LogP contribution in [0.15, 0.2) is 22.7 Å². The first kappa shape index (κ1) is 13.5. The van der Waals surface area contributed by atoms with E-state index in [1.807, 2.05) is 6.92 Å². The zero-order chi connectivity index (χ0) is 14.0. The minimum Gasteiger partial charge on any atom is -0.398 e. The van der Waals surface area contributed by atoms with Crippen molar-refractivity contribution in [3.05, 3.63) is 39.9 Å². The summed E-state index contributed by atoms with van der Waals surface area (Å²) in [5.41, 5.74) is 6.83. The summed E-state index contributed by atoms with van der Waals surface area (Å²) < 4.78 is 0.609. The fourth-order valence-corrected chi connectivity index (χ4v) is 2.10. The van der Waals surface area contributed by atoms with Crippen molar-refractivity contribution in [1.29, 1.82) is 0 Å². The number of anilines is 1. The van der Waals surface area contributed by atoms with Crippen molar-refractivity contribution in [2.24, 2.45) is 0 Å². The quantitative estimate of drug-likeness (QED) is 0.842. The third-order valence-electron chi connectivity index (χ3n) is 2.63. The molecule has 19 heavy (non-hydrogen) atoms. The molecular weight excluding hydrogens is 310 g/mol. The van der Waals surface area contributed by atoms with E-state index in [0.717, 1.165) is 5.82 Å². The third kappa shape index (κ3) is 2.93. The summed E-state index contributed by atoms with van der Waals surface area (Å²) in [6.45, 7) is 2.15. The molecule has 1 heterocycles. The Balaban J connectivity index is 2.17. The maximum atomic E-state index is 12.3. The number of nitrogens with zero attached hydrogens (tertiary/aromatic N) is 3. The second-order valence-electron chi connectivity index (χ2n) is 4.21. The van der Waals surface area contributed by atoms with Crippen molar-refractivity contribution >= 4 is 27.5 Å². The molecule has 0 spiro atoms. The number of nitrogens with one attached hydrogen (secondary N) is 1. The molecule has 2 aromatic rings. The van der Waals surface area contributed by atoms with E-state index in [1.54, 1.807) is 30.1 Å². The van der Waals surface area contributed by atoms with Gasteiger partial charge < -0.3 is 10.6 Å². The van der Waals surface area contributed by atoms with Crippen molar-refractivity contribution in [2.45, 2.75) is 13.5 Å². The summed E-state index contributed by atoms with van der Waals surface area (Å²) in [7, 11) is 1.70. The van der Waals surface area contributed by atoms with Gasteiger partial charge in [-0.25, -0.2) is 4.98 Å². The molecule has 0 unspecified atom stereocenters. The Morgan fingerprint density at radius 3 is 2.89 bits per heavy atom. The van der Waals surface area contributed by atoms with Gasteiger partial charge in [-0.1, -0.05) is 6.07 Å². The number of hydrogen-bond acceptors (Lipinski definition) is 4. The van der Waals surface area contributed by atoms with Gasteiger partial charge >= 0.3 is 0 Å². The Kier molecular flexibility index (Phi) is 3.84. The first-order valence-electron chi connectivity index (χ1n) is 5.66. The molecule has 6 nitrogen and oxygen atoms in total. The van der Waals surface area contributed by atoms with Crippen molar-refractivity contribution in [3.8, 4) is 0 Å². The van der Waals surface area contributed by atoms with Crippen molar-refractivity contribution in [2.75, 3.05) is 12.8 Å². The van der Waals surface area contributed by atoms with Gasteiger partial charge in [0.25, 0.3) is 5.91 Å². The Morgan fingerprint density at radius 1 is 1.53 bits per heavy atom. The number of aryl methyl sites for hydroxylation is 1. The highest BCUT2D eigenvalue weighted by Crippen LogP contribution is 2.24. The highest BCUT2D eigenvalue weighted by molar-refractivity contribution is 9.10. The molecule has 1 amide bonds. The van der Waals surface area contributed by atoms with Gasteiger partial charge in [0.2, 0.25) is 0 Å². The Morgan fingerprint density at radius 2 is 2.26 bits per heavy atom. The van der Waals surface area contributed by atoms with E-state index in [-0.39, 0.29) is 5.91 Å². The van der Waals surface area contributed by atoms with Crippen LogP contribution in [0.2, 0.25) is 0 Å². The van der Waals surface area contributed by atoms with Crippen LogP contribution in [0.25, 0.3) is 0 Å². The molecule has 1 aromatic carbocycles. The van der Waals surface area contributed by atoms with E-state index in [9.17, 15) is 4.79 Å². The van der Waals surface area contributed by atoms with E-state index in [0.29, 0.717) is 28.1 Å². The summed E-state index contributed by atoms with van der Waals surface area (Å²) in [5, 5.41) is 6.75. The lowest BCUT2D eigenvalue weighted by Crippen LogP contribution is -2.27. The fourth-order valence-electron chi connectivity index (χ4n) is 1.66. The molecule has 0 bridgehead atoms. The van der Waals surface area contributed by atoms with Gasteiger partial charge in [0.15, 0.2) is 5.82 Å². The van der Waals surface area contributed by atoms with Crippen LogP contribution in [0.1, 0.15) is 22.0 Å². The number of rotatable bonds is 3. The Labute approximate surface area is 119 Å². The maximum Gasteiger partial charge on any atom is 0.255 e. The third-order valence-corrected chi connectivity index (χ3v) is 3.51. The minimum atomic E-state index is -0.137. The zero-order valence-electron chi connectivity index (χ0n) is 10.6. The van der Waals surface area contributed by atoms with Gasteiger partial charge in [0.05, 0.1) is 16.6 Å². The zero-order valence-corrected chi connectivity index (χ0v) is 12.2. The maximum absolute atomic E-state index is 12.3. The number of H-pyrrole nitrogens is 1. The average molecular weight is 324 g/mol. The molecule has 1 aromatic heterocycles. The van der Waals surface area contributed by atoms with Gasteiger partial charge in [0, 0.05) is 12.7 Å². The van der Waals surface area contributed by atoms with Crippen LogP contribution < -0.4 is 5.73 Å². The van der Waals surface area contributed by atoms with E-state index in [1.165, 1.54) is 0 Å². The molecule has 0 fully saturated rings. The van der Waals surface area contributed by atoms with Crippen LogP contribution >= 0.6 is 15.9 Å². The number of nitrogens with two attached hydrogens (primary N) is 1. The lowest BCUT2D eigenvalue weighted by atomic mass is 10.2. The molecule has 7 heteroatoms. The summed E-state index contributed by atoms with van der Waals surface area (Å²) in [6, 6.07) is 5.21. The molecule has 2 rings (SSSR count). The number of aromatic amines is 1. The number of amides is 1. The molecule has 100 valence electrons. The van der Waals surface area contributed by atoms with Gasteiger partial charge in [-0.3, -0.25) is 9.89 Å². The fraction of sp³-hybridized carbons (Fsp3) is 0.250. The summed E-state index contributed by atoms with van der Waals surface area (Å²) >= 11 is 3.33. The molecule has 0 radical (unpaired) electrons. The van der Waals surface area contributed by atoms with Crippen LogP contribution in [0.3, 0.4) is 0 Å². The highest BCUT2D eigenvalue weighted by atomic mass is 79.9. The molecule has 3 N–H and O–H groups in total. The monoisotopic (exact) mass is 323 g/mol. The number of halogens is 1. The SMILES string of the molecule is Cc1nc(CN(C)C(=O)c2cccc(N)c2Br)n[nH]1. The van der Waals surface area contributed by atoms with Crippen molar-refractivity contribution in [1.82, 2.24) is 20.1 Å². The normalized spacial score (nSPS) is 10.5. The number of hydrogen-bond donors (Lipinski definition) is 2. The predicted octanol–water partition coefficient (Wildman–Crippen LogP) is 1.73. The Hall–Kier alpha value is -1.89. The van der Waals surface area contributed by atoms with E-state index in [4.69, 9.17) is 5.73 Å². The molecule has 0 saturated heterocycles. The largest absolute Gasteiger partial charge is 0.398 e. The second kappa shape index (κ2) is 5.40. The van der Waals surface area contributed by atoms with Crippen molar-refractivity contribution in [3.63, 3.8) is 0 Å². The number of carbonyl (C=O) groups is 1. The van der Waals surface area contributed by atoms with Crippen LogP contribution in [-0.2, 0) is 6.54 Å². The van der Waals surface area contributed by atoms with Gasteiger partial charge in [-0.05, 0) is 35.0 Å². The van der Waals surface area contributed by atoms with Gasteiger partial charge in [0.1, 0.15) is 5.82 Å². The highest BCUT2D eigenvalue weighted by Gasteiger charge is 2.17. The molecular formula is C12H14BrN5O. The number of benzene rings is 1. The Bertz CT molecular complexity index is 610. The first-order valence-corrected chi connectivity index (χ1v) is 6.45. The van der Waals surface area contributed by atoms with E-state index < -0.39 is 0 Å². The number of nitrogen functional groups attached to an aromatic ring is 1. The predicted molar refractivity (Wildman–Crippen MR) is 75.5 cm³/mol. The van der Waals surface area contributed by atoms with Crippen LogP contribution in [-0.4, -0.2) is 33.0 Å². The topological polar surface area (TPSA) is 87.9 Å². The van der Waals surface area contributed by atoms with Crippen molar-refractivity contribution < 1.29 is 4.79 Å². The van der Waals surface area contributed by atoms with Crippen LogP contribution in [0.5, 0.6) is 0 Å². The first-order chi connectivity index (χ1) is 8.99. The molecule has 0 aliphatic rings. The van der Waals surface area contributed by atoms with Crippen LogP contribution in [0, 0.1) is 6.92 Å². The summed E-state index contributed by atoms with van der Waals surface area (Å²) in [5.74, 6) is 1.16. The van der Waals surface area contributed by atoms with Gasteiger partial charge in [-0.15, -0.1) is 0 Å². The minimum absolute atomic E-state index is 0.137. The lowest BCUT2D eigenvalue weighted by Gasteiger charge is -2.16. The number of aromatic nitrogens is 3. The smallest absolute Gasteiger partial charge is 0.255 e. The summed E-state index contributed by atoms with van der Waals surface area (Å²) in [4.78, 5) is 18.0. The lowest BCUT2D eigenvalue weighted by molar-refractivity contribution is 0.0781. The van der Waals surface area contributed by atoms with E-state index in [2.05, 4.69) is 31.1 Å². The van der Waals surface area contributed by atoms with E-state index >= 15 is 0 Å². The molecule has 0 aliphatic heterocycles. The molecule has 0 aliphatic carbocycles. The standard InChI is InChI=1S/C12H14BrN5O/c1-7-15-10(17-16-7)6-18(2)12(19)8-4-3-5-9(14)11(8)13/h3-5H,6,14H2,1-2H3,(H,15,16,17). The molecule has 0 atom stereocenters. The summed E-state index contributed by atoms with van der Waals surface area (Å²) in [6.07, 6.45) is 0. The second-order valence-corrected chi connectivity index (χ2v) is 5.00. The number of carbonyl (C=O) groups excluding carboxylic acids is 1. The van der Waals surface area contributed by atoms with Crippen LogP contribution in [0.4, 0.5) is 5.69 Å².